The number of hydrogen-bond acceptors (Lipinski definition) is 6. The second-order valence-electron chi connectivity index (χ2n) is 6.75. The van der Waals surface area contributed by atoms with Gasteiger partial charge in [-0.25, -0.2) is 4.98 Å². The molecule has 2 aromatic rings. The van der Waals surface area contributed by atoms with Crippen LogP contribution < -0.4 is 10.2 Å². The van der Waals surface area contributed by atoms with Gasteiger partial charge in [-0.15, -0.1) is 11.3 Å². The van der Waals surface area contributed by atoms with Crippen LogP contribution in [0.5, 0.6) is 0 Å². The first-order valence-corrected chi connectivity index (χ1v) is 9.92. The minimum absolute atomic E-state index is 0.203. The SMILES string of the molecule is O=C(Nc1nc(CN2CCCC2)cs1)c1ccc(N2C(=O)CCC2=O)cc1. The maximum Gasteiger partial charge on any atom is 0.257 e. The number of benzene rings is 1. The van der Waals surface area contributed by atoms with Crippen molar-refractivity contribution in [2.75, 3.05) is 23.3 Å². The molecule has 0 bridgehead atoms. The largest absolute Gasteiger partial charge is 0.298 e. The number of thiazole rings is 1. The van der Waals surface area contributed by atoms with E-state index in [0.717, 1.165) is 25.3 Å². The molecule has 2 aliphatic heterocycles. The lowest BCUT2D eigenvalue weighted by atomic mass is 10.2. The zero-order valence-corrected chi connectivity index (χ0v) is 15.6. The summed E-state index contributed by atoms with van der Waals surface area (Å²) in [6, 6.07) is 6.47. The number of nitrogens with one attached hydrogen (secondary N) is 1. The topological polar surface area (TPSA) is 82.6 Å². The molecule has 140 valence electrons. The van der Waals surface area contributed by atoms with Crippen LogP contribution in [0.2, 0.25) is 0 Å². The van der Waals surface area contributed by atoms with E-state index in [1.807, 2.05) is 5.38 Å². The number of hydrogen-bond donors (Lipinski definition) is 1. The van der Waals surface area contributed by atoms with Crippen LogP contribution in [0, 0.1) is 0 Å². The Bertz CT molecular complexity index is 855. The minimum atomic E-state index is -0.261. The molecule has 2 fully saturated rings. The molecular formula is C19H20N4O3S. The zero-order chi connectivity index (χ0) is 18.8. The standard InChI is InChI=1S/C19H20N4O3S/c24-16-7-8-17(25)23(16)15-5-3-13(4-6-15)18(26)21-19-20-14(12-27-19)11-22-9-1-2-10-22/h3-6,12H,1-2,7-11H2,(H,20,21,26). The van der Waals surface area contributed by atoms with Crippen LogP contribution in [-0.2, 0) is 16.1 Å². The van der Waals surface area contributed by atoms with E-state index in [0.29, 0.717) is 16.4 Å². The van der Waals surface area contributed by atoms with E-state index in [1.54, 1.807) is 24.3 Å². The van der Waals surface area contributed by atoms with Gasteiger partial charge < -0.3 is 0 Å². The van der Waals surface area contributed by atoms with Gasteiger partial charge in [-0.2, -0.15) is 0 Å². The van der Waals surface area contributed by atoms with Crippen LogP contribution in [-0.4, -0.2) is 40.7 Å². The van der Waals surface area contributed by atoms with E-state index in [4.69, 9.17) is 0 Å². The maximum atomic E-state index is 12.4. The van der Waals surface area contributed by atoms with Gasteiger partial charge >= 0.3 is 0 Å². The molecule has 0 unspecified atom stereocenters. The summed E-state index contributed by atoms with van der Waals surface area (Å²) in [6.07, 6.45) is 2.95. The third-order valence-corrected chi connectivity index (χ3v) is 5.60. The molecule has 0 saturated carbocycles. The molecule has 1 aromatic heterocycles. The highest BCUT2D eigenvalue weighted by Gasteiger charge is 2.30. The molecule has 0 atom stereocenters. The smallest absolute Gasteiger partial charge is 0.257 e. The van der Waals surface area contributed by atoms with Crippen LogP contribution >= 0.6 is 11.3 Å². The summed E-state index contributed by atoms with van der Waals surface area (Å²) in [5, 5.41) is 5.36. The Kier molecular flexibility index (Phi) is 5.00. The molecule has 0 aliphatic carbocycles. The van der Waals surface area contributed by atoms with E-state index >= 15 is 0 Å². The molecule has 0 spiro atoms. The van der Waals surface area contributed by atoms with Crippen LogP contribution in [0.4, 0.5) is 10.8 Å². The first-order chi connectivity index (χ1) is 13.1. The first-order valence-electron chi connectivity index (χ1n) is 9.04. The highest BCUT2D eigenvalue weighted by Crippen LogP contribution is 2.24. The van der Waals surface area contributed by atoms with Gasteiger partial charge in [-0.05, 0) is 50.2 Å². The first kappa shape index (κ1) is 17.8. The maximum absolute atomic E-state index is 12.4. The Balaban J connectivity index is 1.39. The Hall–Kier alpha value is -2.58. The number of imide groups is 1. The lowest BCUT2D eigenvalue weighted by molar-refractivity contribution is -0.121. The van der Waals surface area contributed by atoms with Gasteiger partial charge in [0.15, 0.2) is 5.13 Å². The second-order valence-corrected chi connectivity index (χ2v) is 7.61. The van der Waals surface area contributed by atoms with Crippen molar-refractivity contribution in [3.05, 3.63) is 40.9 Å². The highest BCUT2D eigenvalue weighted by molar-refractivity contribution is 7.14. The lowest BCUT2D eigenvalue weighted by Crippen LogP contribution is -2.28. The zero-order valence-electron chi connectivity index (χ0n) is 14.8. The molecule has 3 heterocycles. The number of amides is 3. The van der Waals surface area contributed by atoms with Gasteiger partial charge in [0.05, 0.1) is 11.4 Å². The summed E-state index contributed by atoms with van der Waals surface area (Å²) in [5.74, 6) is -0.668. The number of anilines is 2. The quantitative estimate of drug-likeness (QED) is 0.802. The van der Waals surface area contributed by atoms with Crippen molar-refractivity contribution in [3.63, 3.8) is 0 Å². The fourth-order valence-corrected chi connectivity index (χ4v) is 4.10. The number of carbonyl (C=O) groups is 3. The number of carbonyl (C=O) groups excluding carboxylic acids is 3. The number of rotatable bonds is 5. The van der Waals surface area contributed by atoms with Crippen molar-refractivity contribution in [3.8, 4) is 0 Å². The lowest BCUT2D eigenvalue weighted by Gasteiger charge is -2.14. The Morgan fingerprint density at radius 1 is 1.07 bits per heavy atom. The molecule has 27 heavy (non-hydrogen) atoms. The summed E-state index contributed by atoms with van der Waals surface area (Å²) in [4.78, 5) is 44.0. The molecule has 3 amide bonds. The molecule has 0 radical (unpaired) electrons. The Morgan fingerprint density at radius 3 is 2.41 bits per heavy atom. The van der Waals surface area contributed by atoms with Crippen LogP contribution in [0.25, 0.3) is 0 Å². The Morgan fingerprint density at radius 2 is 1.74 bits per heavy atom. The molecule has 4 rings (SSSR count). The van der Waals surface area contributed by atoms with Crippen LogP contribution in [0.15, 0.2) is 29.6 Å². The van der Waals surface area contributed by atoms with Gasteiger partial charge in [-0.3, -0.25) is 29.5 Å². The van der Waals surface area contributed by atoms with Crippen LogP contribution in [0.3, 0.4) is 0 Å². The summed E-state index contributed by atoms with van der Waals surface area (Å²) in [6.45, 7) is 3.03. The molecular weight excluding hydrogens is 364 g/mol. The summed E-state index contributed by atoms with van der Waals surface area (Å²) >= 11 is 1.41. The monoisotopic (exact) mass is 384 g/mol. The van der Waals surface area contributed by atoms with E-state index < -0.39 is 0 Å². The van der Waals surface area contributed by atoms with Crippen molar-refractivity contribution in [2.24, 2.45) is 0 Å². The third-order valence-electron chi connectivity index (χ3n) is 4.80. The summed E-state index contributed by atoms with van der Waals surface area (Å²) in [7, 11) is 0. The molecule has 7 nitrogen and oxygen atoms in total. The normalized spacial score (nSPS) is 17.7. The van der Waals surface area contributed by atoms with Crippen molar-refractivity contribution in [1.29, 1.82) is 0 Å². The van der Waals surface area contributed by atoms with E-state index in [9.17, 15) is 14.4 Å². The minimum Gasteiger partial charge on any atom is -0.298 e. The fraction of sp³-hybridized carbons (Fsp3) is 0.368. The fourth-order valence-electron chi connectivity index (χ4n) is 3.40. The van der Waals surface area contributed by atoms with Gasteiger partial charge in [0.2, 0.25) is 11.8 Å². The van der Waals surface area contributed by atoms with E-state index in [-0.39, 0.29) is 30.6 Å². The number of likely N-dealkylation sites (tertiary alicyclic amines) is 1. The summed E-state index contributed by atoms with van der Waals surface area (Å²) in [5.41, 5.74) is 1.92. The number of aromatic nitrogens is 1. The predicted molar refractivity (Wildman–Crippen MR) is 103 cm³/mol. The van der Waals surface area contributed by atoms with Crippen molar-refractivity contribution in [1.82, 2.24) is 9.88 Å². The van der Waals surface area contributed by atoms with E-state index in [1.165, 1.54) is 29.1 Å². The van der Waals surface area contributed by atoms with Crippen molar-refractivity contribution < 1.29 is 14.4 Å². The second kappa shape index (κ2) is 7.58. The average Bonchev–Trinajstić information content (AvgIpc) is 3.39. The predicted octanol–water partition coefficient (Wildman–Crippen LogP) is 2.64. The molecule has 2 aliphatic rings. The van der Waals surface area contributed by atoms with Gasteiger partial charge in [0.1, 0.15) is 0 Å². The van der Waals surface area contributed by atoms with Crippen molar-refractivity contribution in [2.45, 2.75) is 32.2 Å². The van der Waals surface area contributed by atoms with Crippen LogP contribution in [0.1, 0.15) is 41.7 Å². The van der Waals surface area contributed by atoms with E-state index in [2.05, 4.69) is 15.2 Å². The van der Waals surface area contributed by atoms with Crippen molar-refractivity contribution >= 4 is 39.9 Å². The molecule has 8 heteroatoms. The highest BCUT2D eigenvalue weighted by atomic mass is 32.1. The molecule has 1 N–H and O–H groups in total. The molecule has 1 aromatic carbocycles. The Labute approximate surface area is 161 Å². The average molecular weight is 384 g/mol. The van der Waals surface area contributed by atoms with Gasteiger partial charge in [0.25, 0.3) is 5.91 Å². The molecule has 2 saturated heterocycles. The number of nitrogens with zero attached hydrogens (tertiary/aromatic N) is 3. The van der Waals surface area contributed by atoms with Gasteiger partial charge in [-0.1, -0.05) is 0 Å². The summed E-state index contributed by atoms with van der Waals surface area (Å²) < 4.78 is 0. The van der Waals surface area contributed by atoms with Gasteiger partial charge in [0, 0.05) is 30.3 Å². The third kappa shape index (κ3) is 3.91.